The SMILES string of the molecule is CC(CCC(=O)O)(C(=O)O)c1c(Cl)cccc1Cl. The van der Waals surface area contributed by atoms with E-state index in [4.69, 9.17) is 28.3 Å². The lowest BCUT2D eigenvalue weighted by Crippen LogP contribution is -2.33. The van der Waals surface area contributed by atoms with Gasteiger partial charge in [0, 0.05) is 22.0 Å². The topological polar surface area (TPSA) is 74.6 Å². The first-order chi connectivity index (χ1) is 8.29. The van der Waals surface area contributed by atoms with Crippen molar-refractivity contribution in [1.82, 2.24) is 0 Å². The predicted octanol–water partition coefficient (Wildman–Crippen LogP) is 3.20. The third kappa shape index (κ3) is 2.94. The van der Waals surface area contributed by atoms with E-state index >= 15 is 0 Å². The molecule has 1 unspecified atom stereocenters. The monoisotopic (exact) mass is 290 g/mol. The Morgan fingerprint density at radius 3 is 2.11 bits per heavy atom. The fraction of sp³-hybridized carbons (Fsp3) is 0.333. The molecule has 0 aliphatic heterocycles. The van der Waals surface area contributed by atoms with E-state index in [-0.39, 0.29) is 28.5 Å². The van der Waals surface area contributed by atoms with Crippen LogP contribution in [-0.4, -0.2) is 22.2 Å². The Balaban J connectivity index is 3.27. The predicted molar refractivity (Wildman–Crippen MR) is 68.3 cm³/mol. The second kappa shape index (κ2) is 5.59. The Morgan fingerprint density at radius 2 is 1.72 bits per heavy atom. The molecule has 0 aliphatic carbocycles. The second-order valence-electron chi connectivity index (χ2n) is 4.13. The Hall–Kier alpha value is -1.26. The molecule has 0 amide bonds. The summed E-state index contributed by atoms with van der Waals surface area (Å²) in [5.74, 6) is -2.22. The van der Waals surface area contributed by atoms with Crippen LogP contribution in [0.1, 0.15) is 25.3 Å². The van der Waals surface area contributed by atoms with Crippen LogP contribution in [0.4, 0.5) is 0 Å². The van der Waals surface area contributed by atoms with Gasteiger partial charge in [0.05, 0.1) is 5.41 Å². The molecule has 0 spiro atoms. The quantitative estimate of drug-likeness (QED) is 0.873. The van der Waals surface area contributed by atoms with Gasteiger partial charge < -0.3 is 10.2 Å². The fourth-order valence-corrected chi connectivity index (χ4v) is 2.54. The van der Waals surface area contributed by atoms with Crippen LogP contribution in [0.2, 0.25) is 10.0 Å². The zero-order chi connectivity index (χ0) is 13.9. The third-order valence-electron chi connectivity index (χ3n) is 2.83. The molecule has 0 saturated heterocycles. The van der Waals surface area contributed by atoms with E-state index in [1.807, 2.05) is 0 Å². The van der Waals surface area contributed by atoms with Crippen molar-refractivity contribution in [2.24, 2.45) is 0 Å². The summed E-state index contributed by atoms with van der Waals surface area (Å²) in [6.45, 7) is 1.42. The van der Waals surface area contributed by atoms with Gasteiger partial charge in [-0.3, -0.25) is 9.59 Å². The average Bonchev–Trinajstić information content (AvgIpc) is 2.25. The molecule has 0 bridgehead atoms. The van der Waals surface area contributed by atoms with Crippen LogP contribution in [0.3, 0.4) is 0 Å². The molecule has 0 fully saturated rings. The van der Waals surface area contributed by atoms with E-state index in [1.54, 1.807) is 6.07 Å². The Labute approximate surface area is 114 Å². The number of hydrogen-bond acceptors (Lipinski definition) is 2. The highest BCUT2D eigenvalue weighted by molar-refractivity contribution is 6.36. The van der Waals surface area contributed by atoms with Gasteiger partial charge in [-0.15, -0.1) is 0 Å². The van der Waals surface area contributed by atoms with Crippen LogP contribution < -0.4 is 0 Å². The molecule has 1 rings (SSSR count). The van der Waals surface area contributed by atoms with Crippen LogP contribution in [0.15, 0.2) is 18.2 Å². The van der Waals surface area contributed by atoms with E-state index in [9.17, 15) is 14.7 Å². The Kier molecular flexibility index (Phi) is 4.59. The normalized spacial score (nSPS) is 13.9. The number of aliphatic carboxylic acids is 2. The first kappa shape index (κ1) is 14.8. The van der Waals surface area contributed by atoms with Crippen molar-refractivity contribution in [3.63, 3.8) is 0 Å². The minimum Gasteiger partial charge on any atom is -0.481 e. The van der Waals surface area contributed by atoms with Crippen LogP contribution in [-0.2, 0) is 15.0 Å². The summed E-state index contributed by atoms with van der Waals surface area (Å²) in [5.41, 5.74) is -1.17. The molecule has 4 nitrogen and oxygen atoms in total. The van der Waals surface area contributed by atoms with Gasteiger partial charge in [-0.1, -0.05) is 29.3 Å². The fourth-order valence-electron chi connectivity index (χ4n) is 1.72. The lowest BCUT2D eigenvalue weighted by molar-refractivity contribution is -0.144. The Bertz CT molecular complexity index is 467. The molecule has 18 heavy (non-hydrogen) atoms. The summed E-state index contributed by atoms with van der Waals surface area (Å²) < 4.78 is 0. The number of carboxylic acid groups (broad SMARTS) is 2. The molecule has 0 heterocycles. The first-order valence-corrected chi connectivity index (χ1v) is 5.94. The van der Waals surface area contributed by atoms with Crippen LogP contribution in [0.5, 0.6) is 0 Å². The number of benzene rings is 1. The summed E-state index contributed by atoms with van der Waals surface area (Å²) in [5, 5.41) is 18.5. The van der Waals surface area contributed by atoms with Gasteiger partial charge in [0.25, 0.3) is 0 Å². The number of carboxylic acids is 2. The zero-order valence-corrected chi connectivity index (χ0v) is 11.1. The van der Waals surface area contributed by atoms with Crippen LogP contribution in [0.25, 0.3) is 0 Å². The summed E-state index contributed by atoms with van der Waals surface area (Å²) in [6.07, 6.45) is -0.356. The molecule has 1 aromatic rings. The van der Waals surface area contributed by atoms with Crippen molar-refractivity contribution >= 4 is 35.1 Å². The van der Waals surface area contributed by atoms with E-state index in [2.05, 4.69) is 0 Å². The average molecular weight is 291 g/mol. The van der Waals surface area contributed by atoms with Gasteiger partial charge in [-0.05, 0) is 25.5 Å². The molecular formula is C12H12Cl2O4. The Morgan fingerprint density at radius 1 is 1.22 bits per heavy atom. The summed E-state index contributed by atoms with van der Waals surface area (Å²) in [6, 6.07) is 4.67. The lowest BCUT2D eigenvalue weighted by Gasteiger charge is -2.26. The maximum Gasteiger partial charge on any atom is 0.313 e. The molecule has 0 saturated carbocycles. The maximum absolute atomic E-state index is 11.4. The number of hydrogen-bond donors (Lipinski definition) is 2. The molecule has 0 aliphatic rings. The lowest BCUT2D eigenvalue weighted by atomic mass is 9.78. The van der Waals surface area contributed by atoms with Gasteiger partial charge in [0.2, 0.25) is 0 Å². The van der Waals surface area contributed by atoms with E-state index in [0.29, 0.717) is 0 Å². The van der Waals surface area contributed by atoms with Crippen molar-refractivity contribution in [2.45, 2.75) is 25.2 Å². The number of rotatable bonds is 5. The van der Waals surface area contributed by atoms with E-state index < -0.39 is 17.4 Å². The molecule has 2 N–H and O–H groups in total. The highest BCUT2D eigenvalue weighted by Gasteiger charge is 2.38. The molecule has 1 aromatic carbocycles. The van der Waals surface area contributed by atoms with E-state index in [0.717, 1.165) is 0 Å². The van der Waals surface area contributed by atoms with Crippen molar-refractivity contribution in [2.75, 3.05) is 0 Å². The maximum atomic E-state index is 11.4. The third-order valence-corrected chi connectivity index (χ3v) is 3.46. The zero-order valence-electron chi connectivity index (χ0n) is 9.61. The van der Waals surface area contributed by atoms with Crippen molar-refractivity contribution in [3.8, 4) is 0 Å². The molecule has 6 heteroatoms. The van der Waals surface area contributed by atoms with Crippen molar-refractivity contribution in [3.05, 3.63) is 33.8 Å². The van der Waals surface area contributed by atoms with Crippen LogP contribution in [0, 0.1) is 0 Å². The van der Waals surface area contributed by atoms with Crippen molar-refractivity contribution < 1.29 is 19.8 Å². The number of carbonyl (C=O) groups is 2. The molecule has 0 aromatic heterocycles. The summed E-state index contributed by atoms with van der Waals surface area (Å²) in [7, 11) is 0. The summed E-state index contributed by atoms with van der Waals surface area (Å²) in [4.78, 5) is 22.0. The highest BCUT2D eigenvalue weighted by atomic mass is 35.5. The minimum atomic E-state index is -1.42. The molecule has 98 valence electrons. The van der Waals surface area contributed by atoms with E-state index in [1.165, 1.54) is 19.1 Å². The van der Waals surface area contributed by atoms with Gasteiger partial charge in [0.1, 0.15) is 0 Å². The van der Waals surface area contributed by atoms with Crippen molar-refractivity contribution in [1.29, 1.82) is 0 Å². The largest absolute Gasteiger partial charge is 0.481 e. The first-order valence-electron chi connectivity index (χ1n) is 5.18. The smallest absolute Gasteiger partial charge is 0.313 e. The standard InChI is InChI=1S/C12H12Cl2O4/c1-12(11(17)18,6-5-9(15)16)10-7(13)3-2-4-8(10)14/h2-4H,5-6H2,1H3,(H,15,16)(H,17,18). The van der Waals surface area contributed by atoms with Gasteiger partial charge in [-0.25, -0.2) is 0 Å². The highest BCUT2D eigenvalue weighted by Crippen LogP contribution is 2.39. The molecule has 1 atom stereocenters. The molecule has 0 radical (unpaired) electrons. The molecular weight excluding hydrogens is 279 g/mol. The number of halogens is 2. The minimum absolute atomic E-state index is 0.0822. The van der Waals surface area contributed by atoms with Gasteiger partial charge >= 0.3 is 11.9 Å². The summed E-state index contributed by atoms with van der Waals surface area (Å²) >= 11 is 12.0. The second-order valence-corrected chi connectivity index (χ2v) is 4.94. The van der Waals surface area contributed by atoms with Gasteiger partial charge in [0.15, 0.2) is 0 Å². The van der Waals surface area contributed by atoms with Crippen LogP contribution >= 0.6 is 23.2 Å². The van der Waals surface area contributed by atoms with Gasteiger partial charge in [-0.2, -0.15) is 0 Å².